The standard InChI is InChI=1S/C17H16ClFN2O4/c1-11-8-12(18)6-7-14(11)24-9-16(22)20-21-17(23)10-25-15-5-3-2-4-13(15)19/h2-8H,9-10H2,1H3,(H,20,22)(H,21,23). The number of rotatable bonds is 6. The number of halogens is 2. The van der Waals surface area contributed by atoms with E-state index in [-0.39, 0.29) is 12.4 Å². The number of para-hydroxylation sites is 1. The van der Waals surface area contributed by atoms with E-state index < -0.39 is 24.2 Å². The third-order valence-corrected chi connectivity index (χ3v) is 3.27. The first-order valence-electron chi connectivity index (χ1n) is 7.29. The lowest BCUT2D eigenvalue weighted by atomic mass is 10.2. The summed E-state index contributed by atoms with van der Waals surface area (Å²) in [6, 6.07) is 10.7. The lowest BCUT2D eigenvalue weighted by Crippen LogP contribution is -2.45. The lowest BCUT2D eigenvalue weighted by Gasteiger charge is -2.11. The molecular formula is C17H16ClFN2O4. The van der Waals surface area contributed by atoms with Gasteiger partial charge in [-0.05, 0) is 42.8 Å². The third kappa shape index (κ3) is 5.96. The van der Waals surface area contributed by atoms with E-state index in [1.54, 1.807) is 31.2 Å². The monoisotopic (exact) mass is 366 g/mol. The van der Waals surface area contributed by atoms with Gasteiger partial charge in [0.05, 0.1) is 0 Å². The molecule has 0 spiro atoms. The Morgan fingerprint density at radius 3 is 2.20 bits per heavy atom. The molecule has 0 atom stereocenters. The van der Waals surface area contributed by atoms with E-state index >= 15 is 0 Å². The van der Waals surface area contributed by atoms with Gasteiger partial charge in [0.2, 0.25) is 0 Å². The van der Waals surface area contributed by atoms with Crippen molar-refractivity contribution < 1.29 is 23.5 Å². The van der Waals surface area contributed by atoms with Gasteiger partial charge in [-0.2, -0.15) is 0 Å². The average Bonchev–Trinajstić information content (AvgIpc) is 2.58. The molecule has 2 aromatic carbocycles. The van der Waals surface area contributed by atoms with Gasteiger partial charge in [-0.15, -0.1) is 0 Å². The number of carbonyl (C=O) groups excluding carboxylic acids is 2. The summed E-state index contributed by atoms with van der Waals surface area (Å²) in [5, 5.41) is 0.566. The van der Waals surface area contributed by atoms with Crippen LogP contribution in [0.5, 0.6) is 11.5 Å². The molecule has 0 heterocycles. The summed E-state index contributed by atoms with van der Waals surface area (Å²) in [4.78, 5) is 23.2. The fraction of sp³-hybridized carbons (Fsp3) is 0.176. The summed E-state index contributed by atoms with van der Waals surface area (Å²) >= 11 is 5.83. The van der Waals surface area contributed by atoms with Gasteiger partial charge in [0.1, 0.15) is 5.75 Å². The minimum absolute atomic E-state index is 0.0504. The summed E-state index contributed by atoms with van der Waals surface area (Å²) in [7, 11) is 0. The molecule has 2 aromatic rings. The molecular weight excluding hydrogens is 351 g/mol. The zero-order chi connectivity index (χ0) is 18.2. The minimum Gasteiger partial charge on any atom is -0.483 e. The third-order valence-electron chi connectivity index (χ3n) is 3.03. The number of hydrogen-bond donors (Lipinski definition) is 2. The molecule has 2 N–H and O–H groups in total. The summed E-state index contributed by atoms with van der Waals surface area (Å²) in [5.41, 5.74) is 5.10. The van der Waals surface area contributed by atoms with Gasteiger partial charge in [-0.3, -0.25) is 20.4 Å². The van der Waals surface area contributed by atoms with E-state index in [2.05, 4.69) is 10.9 Å². The van der Waals surface area contributed by atoms with E-state index in [0.29, 0.717) is 10.8 Å². The van der Waals surface area contributed by atoms with E-state index in [4.69, 9.17) is 21.1 Å². The van der Waals surface area contributed by atoms with Crippen molar-refractivity contribution in [2.45, 2.75) is 6.92 Å². The van der Waals surface area contributed by atoms with Crippen molar-refractivity contribution in [2.24, 2.45) is 0 Å². The average molecular weight is 367 g/mol. The normalized spacial score (nSPS) is 10.0. The molecule has 25 heavy (non-hydrogen) atoms. The van der Waals surface area contributed by atoms with Crippen molar-refractivity contribution in [3.05, 3.63) is 58.9 Å². The van der Waals surface area contributed by atoms with Crippen molar-refractivity contribution in [1.29, 1.82) is 0 Å². The van der Waals surface area contributed by atoms with Crippen LogP contribution in [-0.2, 0) is 9.59 Å². The van der Waals surface area contributed by atoms with Crippen molar-refractivity contribution >= 4 is 23.4 Å². The molecule has 0 fully saturated rings. The number of ether oxygens (including phenoxy) is 2. The summed E-state index contributed by atoms with van der Waals surface area (Å²) in [6.07, 6.45) is 0. The number of hydrogen-bond acceptors (Lipinski definition) is 4. The van der Waals surface area contributed by atoms with E-state index in [1.807, 2.05) is 0 Å². The Morgan fingerprint density at radius 1 is 1.00 bits per heavy atom. The van der Waals surface area contributed by atoms with E-state index in [1.165, 1.54) is 18.2 Å². The second-order valence-corrected chi connectivity index (χ2v) is 5.45. The Morgan fingerprint density at radius 2 is 1.60 bits per heavy atom. The topological polar surface area (TPSA) is 76.7 Å². The summed E-state index contributed by atoms with van der Waals surface area (Å²) < 4.78 is 23.7. The highest BCUT2D eigenvalue weighted by Gasteiger charge is 2.09. The Hall–Kier alpha value is -2.80. The van der Waals surface area contributed by atoms with Crippen LogP contribution in [0.25, 0.3) is 0 Å². The van der Waals surface area contributed by atoms with Gasteiger partial charge in [0.25, 0.3) is 11.8 Å². The van der Waals surface area contributed by atoms with Crippen LogP contribution in [0.3, 0.4) is 0 Å². The smallest absolute Gasteiger partial charge is 0.276 e. The Bertz CT molecular complexity index is 770. The first kappa shape index (κ1) is 18.5. The molecule has 0 saturated heterocycles. The molecule has 0 aliphatic heterocycles. The molecule has 0 bridgehead atoms. The molecule has 0 aliphatic carbocycles. The first-order chi connectivity index (χ1) is 12.0. The van der Waals surface area contributed by atoms with Gasteiger partial charge in [-0.25, -0.2) is 4.39 Å². The quantitative estimate of drug-likeness (QED) is 0.770. The van der Waals surface area contributed by atoms with E-state index in [9.17, 15) is 14.0 Å². The van der Waals surface area contributed by atoms with Crippen LogP contribution < -0.4 is 20.3 Å². The molecule has 0 aromatic heterocycles. The van der Waals surface area contributed by atoms with Crippen molar-refractivity contribution in [1.82, 2.24) is 10.9 Å². The highest BCUT2D eigenvalue weighted by molar-refractivity contribution is 6.30. The molecule has 132 valence electrons. The Kier molecular flexibility index (Phi) is 6.59. The lowest BCUT2D eigenvalue weighted by molar-refractivity contribution is -0.131. The fourth-order valence-corrected chi connectivity index (χ4v) is 2.06. The molecule has 2 amide bonds. The fourth-order valence-electron chi connectivity index (χ4n) is 1.83. The van der Waals surface area contributed by atoms with Crippen LogP contribution >= 0.6 is 11.6 Å². The maximum absolute atomic E-state index is 13.3. The highest BCUT2D eigenvalue weighted by Crippen LogP contribution is 2.21. The van der Waals surface area contributed by atoms with Gasteiger partial charge in [0, 0.05) is 5.02 Å². The predicted octanol–water partition coefficient (Wildman–Crippen LogP) is 2.39. The van der Waals surface area contributed by atoms with Gasteiger partial charge in [0.15, 0.2) is 24.8 Å². The van der Waals surface area contributed by atoms with Crippen LogP contribution in [0.15, 0.2) is 42.5 Å². The molecule has 2 rings (SSSR count). The summed E-state index contributed by atoms with van der Waals surface area (Å²) in [6.45, 7) is 1.05. The maximum Gasteiger partial charge on any atom is 0.276 e. The Balaban J connectivity index is 1.70. The zero-order valence-electron chi connectivity index (χ0n) is 13.3. The number of aryl methyl sites for hydroxylation is 1. The van der Waals surface area contributed by atoms with Crippen LogP contribution in [-0.4, -0.2) is 25.0 Å². The second kappa shape index (κ2) is 8.89. The zero-order valence-corrected chi connectivity index (χ0v) is 14.1. The largest absolute Gasteiger partial charge is 0.483 e. The van der Waals surface area contributed by atoms with Gasteiger partial charge in [-0.1, -0.05) is 23.7 Å². The molecule has 6 nitrogen and oxygen atoms in total. The van der Waals surface area contributed by atoms with Crippen LogP contribution in [0.4, 0.5) is 4.39 Å². The molecule has 0 saturated carbocycles. The first-order valence-corrected chi connectivity index (χ1v) is 7.67. The number of amides is 2. The van der Waals surface area contributed by atoms with Crippen LogP contribution in [0.1, 0.15) is 5.56 Å². The number of hydrazine groups is 1. The van der Waals surface area contributed by atoms with Gasteiger partial charge >= 0.3 is 0 Å². The SMILES string of the molecule is Cc1cc(Cl)ccc1OCC(=O)NNC(=O)COc1ccccc1F. The molecule has 0 aliphatic rings. The second-order valence-electron chi connectivity index (χ2n) is 5.01. The van der Waals surface area contributed by atoms with Crippen LogP contribution in [0.2, 0.25) is 5.02 Å². The van der Waals surface area contributed by atoms with Crippen molar-refractivity contribution in [2.75, 3.05) is 13.2 Å². The number of nitrogens with one attached hydrogen (secondary N) is 2. The minimum atomic E-state index is -0.640. The number of benzene rings is 2. The van der Waals surface area contributed by atoms with Crippen molar-refractivity contribution in [3.63, 3.8) is 0 Å². The van der Waals surface area contributed by atoms with Crippen molar-refractivity contribution in [3.8, 4) is 11.5 Å². The summed E-state index contributed by atoms with van der Waals surface area (Å²) in [5.74, 6) is -1.32. The molecule has 0 radical (unpaired) electrons. The highest BCUT2D eigenvalue weighted by atomic mass is 35.5. The number of carbonyl (C=O) groups is 2. The molecule has 8 heteroatoms. The van der Waals surface area contributed by atoms with Crippen LogP contribution in [0, 0.1) is 12.7 Å². The maximum atomic E-state index is 13.3. The van der Waals surface area contributed by atoms with E-state index in [0.717, 1.165) is 5.56 Å². The Labute approximate surface area is 148 Å². The predicted molar refractivity (Wildman–Crippen MR) is 89.9 cm³/mol. The molecule has 0 unspecified atom stereocenters. The van der Waals surface area contributed by atoms with Gasteiger partial charge < -0.3 is 9.47 Å².